The SMILES string of the molecule is Cc1ccc(N=C2NC(=O)/C(=C/c3ccc(-c4ccccc4C#N)o3)S2)c(C)c1. The normalized spacial score (nSPS) is 16.2. The molecule has 0 radical (unpaired) electrons. The minimum absolute atomic E-state index is 0.214. The molecule has 4 rings (SSSR count). The number of nitriles is 1. The van der Waals surface area contributed by atoms with Crippen molar-refractivity contribution in [2.24, 2.45) is 4.99 Å². The fourth-order valence-electron chi connectivity index (χ4n) is 3.02. The first-order valence-corrected chi connectivity index (χ1v) is 9.81. The van der Waals surface area contributed by atoms with Crippen LogP contribution in [-0.2, 0) is 4.79 Å². The summed E-state index contributed by atoms with van der Waals surface area (Å²) in [4.78, 5) is 17.4. The third-order valence-electron chi connectivity index (χ3n) is 4.44. The number of amidine groups is 1. The van der Waals surface area contributed by atoms with Crippen LogP contribution in [0.1, 0.15) is 22.5 Å². The summed E-state index contributed by atoms with van der Waals surface area (Å²) in [6.45, 7) is 4.03. The Morgan fingerprint density at radius 3 is 2.76 bits per heavy atom. The summed E-state index contributed by atoms with van der Waals surface area (Å²) in [7, 11) is 0. The second kappa shape index (κ2) is 7.82. The number of aliphatic imine (C=N–C) groups is 1. The van der Waals surface area contributed by atoms with E-state index >= 15 is 0 Å². The number of amides is 1. The number of hydrogen-bond donors (Lipinski definition) is 1. The Hall–Kier alpha value is -3.56. The molecule has 0 unspecified atom stereocenters. The van der Waals surface area contributed by atoms with Crippen LogP contribution in [0.4, 0.5) is 5.69 Å². The van der Waals surface area contributed by atoms with Gasteiger partial charge in [-0.05, 0) is 61.5 Å². The molecule has 142 valence electrons. The van der Waals surface area contributed by atoms with Crippen molar-refractivity contribution in [3.63, 3.8) is 0 Å². The zero-order valence-corrected chi connectivity index (χ0v) is 16.7. The summed E-state index contributed by atoms with van der Waals surface area (Å²) in [6, 6.07) is 19.0. The highest BCUT2D eigenvalue weighted by molar-refractivity contribution is 8.18. The van der Waals surface area contributed by atoms with E-state index in [9.17, 15) is 10.1 Å². The number of carbonyl (C=O) groups excluding carboxylic acids is 1. The van der Waals surface area contributed by atoms with E-state index in [1.54, 1.807) is 24.3 Å². The average molecular weight is 399 g/mol. The van der Waals surface area contributed by atoms with Crippen LogP contribution in [-0.4, -0.2) is 11.1 Å². The van der Waals surface area contributed by atoms with Crippen LogP contribution in [0.5, 0.6) is 0 Å². The number of thioether (sulfide) groups is 1. The number of nitrogens with zero attached hydrogens (tertiary/aromatic N) is 2. The molecule has 1 aliphatic heterocycles. The molecule has 29 heavy (non-hydrogen) atoms. The summed E-state index contributed by atoms with van der Waals surface area (Å²) in [5, 5.41) is 12.6. The van der Waals surface area contributed by atoms with Crippen molar-refractivity contribution in [1.82, 2.24) is 5.32 Å². The lowest BCUT2D eigenvalue weighted by Crippen LogP contribution is -2.19. The van der Waals surface area contributed by atoms with Crippen LogP contribution in [0.25, 0.3) is 17.4 Å². The second-order valence-electron chi connectivity index (χ2n) is 6.63. The molecule has 1 amide bonds. The van der Waals surface area contributed by atoms with Gasteiger partial charge in [0, 0.05) is 11.6 Å². The second-order valence-corrected chi connectivity index (χ2v) is 7.66. The first-order chi connectivity index (χ1) is 14.0. The Labute approximate surface area is 172 Å². The number of furan rings is 1. The summed E-state index contributed by atoms with van der Waals surface area (Å²) in [5.74, 6) is 0.911. The first kappa shape index (κ1) is 18.8. The predicted molar refractivity (Wildman–Crippen MR) is 116 cm³/mol. The van der Waals surface area contributed by atoms with Crippen LogP contribution in [0, 0.1) is 25.2 Å². The lowest BCUT2D eigenvalue weighted by molar-refractivity contribution is -0.115. The van der Waals surface area contributed by atoms with Crippen molar-refractivity contribution in [3.8, 4) is 17.4 Å². The Bertz CT molecular complexity index is 1210. The van der Waals surface area contributed by atoms with Crippen molar-refractivity contribution in [3.05, 3.63) is 82.0 Å². The number of carbonyl (C=O) groups is 1. The molecule has 1 saturated heterocycles. The van der Waals surface area contributed by atoms with E-state index in [1.165, 1.54) is 17.3 Å². The number of nitrogens with one attached hydrogen (secondary N) is 1. The summed E-state index contributed by atoms with van der Waals surface area (Å²) < 4.78 is 5.85. The number of aryl methyl sites for hydroxylation is 2. The Balaban J connectivity index is 1.58. The maximum atomic E-state index is 12.3. The first-order valence-electron chi connectivity index (χ1n) is 8.99. The molecule has 0 atom stereocenters. The minimum Gasteiger partial charge on any atom is -0.457 e. The molecule has 3 aromatic rings. The van der Waals surface area contributed by atoms with E-state index in [0.717, 1.165) is 16.8 Å². The minimum atomic E-state index is -0.214. The molecule has 0 spiro atoms. The summed E-state index contributed by atoms with van der Waals surface area (Å²) >= 11 is 1.27. The van der Waals surface area contributed by atoms with E-state index in [0.29, 0.717) is 27.2 Å². The predicted octanol–water partition coefficient (Wildman–Crippen LogP) is 5.33. The van der Waals surface area contributed by atoms with Gasteiger partial charge in [-0.2, -0.15) is 5.26 Å². The Morgan fingerprint density at radius 1 is 1.14 bits per heavy atom. The van der Waals surface area contributed by atoms with Gasteiger partial charge in [0.05, 0.1) is 22.2 Å². The molecule has 1 aromatic heterocycles. The third kappa shape index (κ3) is 4.00. The standard InChI is InChI=1S/C23H17N3O2S/c1-14-7-9-19(15(2)11-14)25-23-26-22(27)21(29-23)12-17-8-10-20(28-17)18-6-4-3-5-16(18)13-24/h3-12H,1-2H3,(H,25,26,27)/b21-12-. The molecule has 5 nitrogen and oxygen atoms in total. The zero-order chi connectivity index (χ0) is 20.4. The number of rotatable bonds is 3. The Morgan fingerprint density at radius 2 is 1.97 bits per heavy atom. The fourth-order valence-corrected chi connectivity index (χ4v) is 3.84. The highest BCUT2D eigenvalue weighted by Crippen LogP contribution is 2.31. The van der Waals surface area contributed by atoms with E-state index < -0.39 is 0 Å². The van der Waals surface area contributed by atoms with Crippen molar-refractivity contribution in [1.29, 1.82) is 5.26 Å². The lowest BCUT2D eigenvalue weighted by Gasteiger charge is -2.02. The van der Waals surface area contributed by atoms with Gasteiger partial charge >= 0.3 is 0 Å². The van der Waals surface area contributed by atoms with Gasteiger partial charge in [0.15, 0.2) is 5.17 Å². The molecule has 2 heterocycles. The molecule has 1 fully saturated rings. The van der Waals surface area contributed by atoms with Gasteiger partial charge in [-0.1, -0.05) is 29.8 Å². The van der Waals surface area contributed by atoms with Gasteiger partial charge in [0.2, 0.25) is 0 Å². The van der Waals surface area contributed by atoms with Gasteiger partial charge in [0.1, 0.15) is 11.5 Å². The molecule has 0 saturated carbocycles. The highest BCUT2D eigenvalue weighted by Gasteiger charge is 2.24. The topological polar surface area (TPSA) is 78.4 Å². The monoisotopic (exact) mass is 399 g/mol. The quantitative estimate of drug-likeness (QED) is 0.604. The molecule has 2 aromatic carbocycles. The van der Waals surface area contributed by atoms with E-state index in [2.05, 4.69) is 22.4 Å². The fraction of sp³-hybridized carbons (Fsp3) is 0.0870. The molecule has 0 bridgehead atoms. The number of benzene rings is 2. The van der Waals surface area contributed by atoms with Crippen molar-refractivity contribution in [2.45, 2.75) is 13.8 Å². The van der Waals surface area contributed by atoms with E-state index in [-0.39, 0.29) is 5.91 Å². The van der Waals surface area contributed by atoms with E-state index in [4.69, 9.17) is 4.42 Å². The van der Waals surface area contributed by atoms with E-state index in [1.807, 2.05) is 44.2 Å². The van der Waals surface area contributed by atoms with Gasteiger partial charge in [-0.3, -0.25) is 4.79 Å². The smallest absolute Gasteiger partial charge is 0.264 e. The molecule has 0 aliphatic carbocycles. The van der Waals surface area contributed by atoms with Crippen LogP contribution in [0.2, 0.25) is 0 Å². The largest absolute Gasteiger partial charge is 0.457 e. The van der Waals surface area contributed by atoms with Gasteiger partial charge in [-0.25, -0.2) is 4.99 Å². The van der Waals surface area contributed by atoms with Crippen LogP contribution < -0.4 is 5.32 Å². The van der Waals surface area contributed by atoms with Crippen LogP contribution in [0.15, 0.2) is 68.9 Å². The zero-order valence-electron chi connectivity index (χ0n) is 15.9. The summed E-state index contributed by atoms with van der Waals surface area (Å²) in [5.41, 5.74) is 4.31. The van der Waals surface area contributed by atoms with Crippen molar-refractivity contribution in [2.75, 3.05) is 0 Å². The maximum Gasteiger partial charge on any atom is 0.264 e. The molecule has 1 aliphatic rings. The van der Waals surface area contributed by atoms with Gasteiger partial charge in [0.25, 0.3) is 5.91 Å². The summed E-state index contributed by atoms with van der Waals surface area (Å²) in [6.07, 6.45) is 1.68. The molecular weight excluding hydrogens is 382 g/mol. The number of hydrogen-bond acceptors (Lipinski definition) is 5. The molecule has 1 N–H and O–H groups in total. The average Bonchev–Trinajstić information content (AvgIpc) is 3.31. The molecule has 6 heteroatoms. The third-order valence-corrected chi connectivity index (χ3v) is 5.35. The Kier molecular flexibility index (Phi) is 5.07. The van der Waals surface area contributed by atoms with Crippen LogP contribution in [0.3, 0.4) is 0 Å². The van der Waals surface area contributed by atoms with Gasteiger partial charge < -0.3 is 9.73 Å². The lowest BCUT2D eigenvalue weighted by atomic mass is 10.1. The highest BCUT2D eigenvalue weighted by atomic mass is 32.2. The van der Waals surface area contributed by atoms with Crippen molar-refractivity contribution >= 4 is 34.6 Å². The van der Waals surface area contributed by atoms with Crippen LogP contribution >= 0.6 is 11.8 Å². The van der Waals surface area contributed by atoms with Crippen molar-refractivity contribution < 1.29 is 9.21 Å². The molecular formula is C23H17N3O2S. The van der Waals surface area contributed by atoms with Gasteiger partial charge in [-0.15, -0.1) is 0 Å². The maximum absolute atomic E-state index is 12.3.